The SMILES string of the molecule is [2H]c1cc2c(-c3ccccc3-c3ccccc3)c3cc([2H])c([2H])cc3c(-c3ccc4c5c(cccc35)Oc3ccccc3-4)c2cc1[2H]. The summed E-state index contributed by atoms with van der Waals surface area (Å²) in [4.78, 5) is 0. The molecule has 0 N–H and O–H groups in total. The van der Waals surface area contributed by atoms with Gasteiger partial charge in [0.05, 0.1) is 5.48 Å². The third-order valence-electron chi connectivity index (χ3n) is 8.64. The Morgan fingerprint density at radius 1 is 0.349 bits per heavy atom. The fourth-order valence-corrected chi connectivity index (χ4v) is 6.83. The second-order valence-corrected chi connectivity index (χ2v) is 10.9. The van der Waals surface area contributed by atoms with Gasteiger partial charge in [0.15, 0.2) is 0 Å². The van der Waals surface area contributed by atoms with E-state index in [4.69, 9.17) is 10.2 Å². The van der Waals surface area contributed by atoms with Crippen LogP contribution in [0.3, 0.4) is 0 Å². The number of benzene rings is 8. The molecule has 1 heterocycles. The maximum Gasteiger partial charge on any atom is 0.135 e. The zero-order chi connectivity index (χ0) is 31.8. The largest absolute Gasteiger partial charge is 0.456 e. The predicted molar refractivity (Wildman–Crippen MR) is 181 cm³/mol. The van der Waals surface area contributed by atoms with E-state index in [-0.39, 0.29) is 24.2 Å². The van der Waals surface area contributed by atoms with Crippen molar-refractivity contribution in [3.05, 3.63) is 158 Å². The highest BCUT2D eigenvalue weighted by Gasteiger charge is 2.24. The van der Waals surface area contributed by atoms with Gasteiger partial charge in [0.25, 0.3) is 0 Å². The fraction of sp³-hybridized carbons (Fsp3) is 0. The van der Waals surface area contributed by atoms with E-state index >= 15 is 0 Å². The van der Waals surface area contributed by atoms with Crippen molar-refractivity contribution in [1.82, 2.24) is 0 Å². The molecule has 0 fully saturated rings. The van der Waals surface area contributed by atoms with Crippen molar-refractivity contribution in [2.24, 2.45) is 0 Å². The van der Waals surface area contributed by atoms with Gasteiger partial charge in [-0.15, -0.1) is 0 Å². The molecule has 9 rings (SSSR count). The summed E-state index contributed by atoms with van der Waals surface area (Å²) < 4.78 is 41.5. The molecule has 0 aromatic heterocycles. The number of hydrogen-bond acceptors (Lipinski definition) is 1. The van der Waals surface area contributed by atoms with Crippen molar-refractivity contribution in [2.45, 2.75) is 0 Å². The summed E-state index contributed by atoms with van der Waals surface area (Å²) in [5, 5.41) is 5.32. The van der Waals surface area contributed by atoms with E-state index in [9.17, 15) is 0 Å². The van der Waals surface area contributed by atoms with Gasteiger partial charge in [-0.25, -0.2) is 0 Å². The average Bonchev–Trinajstić information content (AvgIpc) is 3.10. The van der Waals surface area contributed by atoms with Crippen LogP contribution in [0.15, 0.2) is 158 Å². The summed E-state index contributed by atoms with van der Waals surface area (Å²) >= 11 is 0. The molecule has 1 nitrogen and oxygen atoms in total. The zero-order valence-corrected chi connectivity index (χ0v) is 23.1. The van der Waals surface area contributed by atoms with E-state index in [1.165, 1.54) is 0 Å². The molecular weight excluding hydrogens is 520 g/mol. The van der Waals surface area contributed by atoms with Gasteiger partial charge in [-0.3, -0.25) is 0 Å². The van der Waals surface area contributed by atoms with Crippen molar-refractivity contribution in [3.8, 4) is 56.0 Å². The van der Waals surface area contributed by atoms with Crippen LogP contribution in [-0.2, 0) is 0 Å². The van der Waals surface area contributed by atoms with Crippen LogP contribution in [0.1, 0.15) is 5.48 Å². The number of hydrogen-bond donors (Lipinski definition) is 0. The number of para-hydroxylation sites is 1. The summed E-state index contributed by atoms with van der Waals surface area (Å²) in [5.74, 6) is 1.60. The van der Waals surface area contributed by atoms with Crippen LogP contribution >= 0.6 is 0 Å². The number of rotatable bonds is 3. The van der Waals surface area contributed by atoms with Crippen molar-refractivity contribution >= 4 is 32.3 Å². The molecule has 8 aromatic rings. The van der Waals surface area contributed by atoms with Crippen molar-refractivity contribution in [1.29, 1.82) is 0 Å². The van der Waals surface area contributed by atoms with E-state index < -0.39 is 0 Å². The van der Waals surface area contributed by atoms with Crippen LogP contribution in [0, 0.1) is 0 Å². The molecule has 0 aliphatic carbocycles. The van der Waals surface area contributed by atoms with Gasteiger partial charge in [-0.2, -0.15) is 0 Å². The van der Waals surface area contributed by atoms with Crippen LogP contribution < -0.4 is 4.74 Å². The highest BCUT2D eigenvalue weighted by molar-refractivity contribution is 6.25. The Bertz CT molecular complexity index is 2520. The quantitative estimate of drug-likeness (QED) is 0.199. The lowest BCUT2D eigenvalue weighted by atomic mass is 9.82. The molecule has 0 saturated heterocycles. The van der Waals surface area contributed by atoms with Gasteiger partial charge in [0.2, 0.25) is 0 Å². The molecule has 0 saturated carbocycles. The first-order valence-electron chi connectivity index (χ1n) is 16.4. The van der Waals surface area contributed by atoms with Crippen LogP contribution in [0.5, 0.6) is 11.5 Å². The van der Waals surface area contributed by atoms with E-state index in [0.29, 0.717) is 0 Å². The lowest BCUT2D eigenvalue weighted by Gasteiger charge is -2.24. The third-order valence-corrected chi connectivity index (χ3v) is 8.64. The van der Waals surface area contributed by atoms with Crippen LogP contribution in [-0.4, -0.2) is 0 Å². The van der Waals surface area contributed by atoms with Crippen molar-refractivity contribution in [2.75, 3.05) is 0 Å². The van der Waals surface area contributed by atoms with E-state index in [1.54, 1.807) is 24.3 Å². The minimum atomic E-state index is 0.128. The molecule has 1 aliphatic heterocycles. The molecule has 1 heteroatoms. The Balaban J connectivity index is 1.46. The molecule has 0 spiro atoms. The van der Waals surface area contributed by atoms with Crippen LogP contribution in [0.2, 0.25) is 0 Å². The number of ether oxygens (including phenoxy) is 1. The first kappa shape index (κ1) is 20.3. The van der Waals surface area contributed by atoms with Crippen molar-refractivity contribution < 1.29 is 10.2 Å². The second kappa shape index (κ2) is 9.44. The molecular formula is C42H26O. The van der Waals surface area contributed by atoms with E-state index in [2.05, 4.69) is 48.5 Å². The Hall–Kier alpha value is -5.66. The average molecular weight is 551 g/mol. The van der Waals surface area contributed by atoms with Gasteiger partial charge in [-0.1, -0.05) is 145 Å². The highest BCUT2D eigenvalue weighted by atomic mass is 16.5. The van der Waals surface area contributed by atoms with Gasteiger partial charge in [0, 0.05) is 10.9 Å². The van der Waals surface area contributed by atoms with Crippen LogP contribution in [0.25, 0.3) is 76.8 Å². The molecule has 0 bridgehead atoms. The smallest absolute Gasteiger partial charge is 0.135 e. The maximum atomic E-state index is 8.77. The first-order chi connectivity index (χ1) is 23.0. The normalized spacial score (nSPS) is 13.2. The molecule has 0 unspecified atom stereocenters. The zero-order valence-electron chi connectivity index (χ0n) is 27.1. The third kappa shape index (κ3) is 3.58. The summed E-state index contributed by atoms with van der Waals surface area (Å²) in [6.07, 6.45) is 0. The standard InChI is InChI=1S/C42H26O/c1-2-13-27(14-3-1)28-15-4-5-17-30(28)40-31-18-6-8-20-33(31)41(34-21-9-7-19-32(34)40)37-26-25-36-29-16-10-11-23-38(29)43-39-24-12-22-35(37)42(36)39/h1-26H/i6D,7D,8D,9D. The lowest BCUT2D eigenvalue weighted by Crippen LogP contribution is -1.98. The summed E-state index contributed by atoms with van der Waals surface area (Å²) in [6.45, 7) is 0. The van der Waals surface area contributed by atoms with Gasteiger partial charge >= 0.3 is 0 Å². The molecule has 8 aromatic carbocycles. The van der Waals surface area contributed by atoms with Gasteiger partial charge < -0.3 is 4.74 Å². The van der Waals surface area contributed by atoms with E-state index in [1.807, 2.05) is 60.7 Å². The minimum Gasteiger partial charge on any atom is -0.456 e. The van der Waals surface area contributed by atoms with Gasteiger partial charge in [-0.05, 0) is 78.0 Å². The monoisotopic (exact) mass is 550 g/mol. The number of fused-ring (bicyclic) bond motifs is 4. The lowest BCUT2D eigenvalue weighted by molar-refractivity contribution is 0.487. The van der Waals surface area contributed by atoms with Gasteiger partial charge in [0.1, 0.15) is 11.5 Å². The molecule has 0 atom stereocenters. The topological polar surface area (TPSA) is 9.23 Å². The summed E-state index contributed by atoms with van der Waals surface area (Å²) in [6, 6.07) is 44.6. The first-order valence-corrected chi connectivity index (χ1v) is 14.4. The van der Waals surface area contributed by atoms with Crippen LogP contribution in [0.4, 0.5) is 0 Å². The second-order valence-electron chi connectivity index (χ2n) is 10.9. The molecule has 43 heavy (non-hydrogen) atoms. The molecule has 200 valence electrons. The Morgan fingerprint density at radius 2 is 0.884 bits per heavy atom. The highest BCUT2D eigenvalue weighted by Crippen LogP contribution is 2.51. The van der Waals surface area contributed by atoms with E-state index in [0.717, 1.165) is 88.3 Å². The molecule has 0 amide bonds. The Kier molecular flexibility index (Phi) is 4.45. The minimum absolute atomic E-state index is 0.128. The summed E-state index contributed by atoms with van der Waals surface area (Å²) in [5.41, 5.74) is 7.89. The Morgan fingerprint density at radius 3 is 1.58 bits per heavy atom. The predicted octanol–water partition coefficient (Wildman–Crippen LogP) is 11.9. The van der Waals surface area contributed by atoms with Crippen molar-refractivity contribution in [3.63, 3.8) is 0 Å². The maximum absolute atomic E-state index is 8.77. The fourth-order valence-electron chi connectivity index (χ4n) is 6.83. The summed E-state index contributed by atoms with van der Waals surface area (Å²) in [7, 11) is 0. The molecule has 0 radical (unpaired) electrons. The molecule has 1 aliphatic rings. The Labute approximate surface area is 255 Å².